The fraction of sp³-hybridized carbons (Fsp3) is 0.857. The van der Waals surface area contributed by atoms with Gasteiger partial charge in [0.25, 0.3) is 0 Å². The molecule has 0 radical (unpaired) electrons. The standard InChI is InChI=1S/C14H23N3OS2/c1-3-11-12(20-8-7-19-11)13-16-14(18-17-13)9-5-4-6-10(9)15-2/h9-12,15H,3-8H2,1-2H3. The summed E-state index contributed by atoms with van der Waals surface area (Å²) in [6.07, 6.45) is 4.80. The van der Waals surface area contributed by atoms with Crippen molar-refractivity contribution in [2.75, 3.05) is 18.6 Å². The number of thioether (sulfide) groups is 2. The van der Waals surface area contributed by atoms with Gasteiger partial charge in [-0.15, -0.1) is 11.8 Å². The van der Waals surface area contributed by atoms with E-state index in [-0.39, 0.29) is 0 Å². The number of hydrogen-bond donors (Lipinski definition) is 1. The van der Waals surface area contributed by atoms with Crippen LogP contribution in [0.25, 0.3) is 0 Å². The zero-order chi connectivity index (χ0) is 13.9. The van der Waals surface area contributed by atoms with E-state index in [1.807, 2.05) is 18.8 Å². The average Bonchev–Trinajstić information content (AvgIpc) is 3.15. The Bertz CT molecular complexity index is 440. The van der Waals surface area contributed by atoms with Crippen LogP contribution >= 0.6 is 23.5 Å². The highest BCUT2D eigenvalue weighted by molar-refractivity contribution is 8.06. The largest absolute Gasteiger partial charge is 0.339 e. The van der Waals surface area contributed by atoms with Gasteiger partial charge in [-0.05, 0) is 26.3 Å². The van der Waals surface area contributed by atoms with Crippen molar-refractivity contribution in [3.63, 3.8) is 0 Å². The molecule has 1 N–H and O–H groups in total. The van der Waals surface area contributed by atoms with E-state index >= 15 is 0 Å². The molecule has 1 aliphatic carbocycles. The number of nitrogens with zero attached hydrogens (tertiary/aromatic N) is 2. The first-order valence-electron chi connectivity index (χ1n) is 7.57. The Morgan fingerprint density at radius 2 is 2.15 bits per heavy atom. The minimum absolute atomic E-state index is 0.405. The molecule has 6 heteroatoms. The highest BCUT2D eigenvalue weighted by atomic mass is 32.2. The first-order chi connectivity index (χ1) is 9.83. The van der Waals surface area contributed by atoms with Crippen molar-refractivity contribution in [2.45, 2.75) is 55.1 Å². The van der Waals surface area contributed by atoms with Crippen LogP contribution in [-0.4, -0.2) is 40.0 Å². The number of rotatable bonds is 4. The fourth-order valence-corrected chi connectivity index (χ4v) is 6.24. The van der Waals surface area contributed by atoms with E-state index in [0.29, 0.717) is 22.5 Å². The fourth-order valence-electron chi connectivity index (χ4n) is 3.26. The first kappa shape index (κ1) is 14.7. The van der Waals surface area contributed by atoms with Gasteiger partial charge < -0.3 is 9.84 Å². The molecule has 2 heterocycles. The lowest BCUT2D eigenvalue weighted by Gasteiger charge is -2.27. The molecule has 1 aromatic heterocycles. The lowest BCUT2D eigenvalue weighted by atomic mass is 10.0. The van der Waals surface area contributed by atoms with E-state index in [2.05, 4.69) is 29.2 Å². The van der Waals surface area contributed by atoms with Crippen LogP contribution in [0.5, 0.6) is 0 Å². The summed E-state index contributed by atoms with van der Waals surface area (Å²) in [5.41, 5.74) is 0. The second-order valence-corrected chi connectivity index (χ2v) is 8.13. The monoisotopic (exact) mass is 313 g/mol. The van der Waals surface area contributed by atoms with Gasteiger partial charge in [-0.2, -0.15) is 16.7 Å². The first-order valence-corrected chi connectivity index (χ1v) is 9.67. The Labute approximate surface area is 129 Å². The van der Waals surface area contributed by atoms with Gasteiger partial charge in [-0.3, -0.25) is 0 Å². The Balaban J connectivity index is 1.75. The molecule has 2 aliphatic rings. The second-order valence-electron chi connectivity index (χ2n) is 5.53. The molecule has 112 valence electrons. The zero-order valence-electron chi connectivity index (χ0n) is 12.2. The summed E-state index contributed by atoms with van der Waals surface area (Å²) in [7, 11) is 2.03. The summed E-state index contributed by atoms with van der Waals surface area (Å²) in [6, 6.07) is 0.499. The lowest BCUT2D eigenvalue weighted by molar-refractivity contribution is 0.332. The van der Waals surface area contributed by atoms with E-state index < -0.39 is 0 Å². The number of hydrogen-bond acceptors (Lipinski definition) is 6. The van der Waals surface area contributed by atoms with Crippen LogP contribution < -0.4 is 5.32 Å². The summed E-state index contributed by atoms with van der Waals surface area (Å²) < 4.78 is 5.60. The van der Waals surface area contributed by atoms with Crippen LogP contribution in [0.4, 0.5) is 0 Å². The van der Waals surface area contributed by atoms with Crippen LogP contribution in [0.1, 0.15) is 55.5 Å². The molecule has 4 atom stereocenters. The molecule has 0 bridgehead atoms. The summed E-state index contributed by atoms with van der Waals surface area (Å²) in [5, 5.41) is 8.72. The smallest absolute Gasteiger partial charge is 0.231 e. The Morgan fingerprint density at radius 3 is 2.95 bits per heavy atom. The second kappa shape index (κ2) is 6.71. The minimum atomic E-state index is 0.405. The van der Waals surface area contributed by atoms with Gasteiger partial charge >= 0.3 is 0 Å². The Hall–Kier alpha value is -0.200. The van der Waals surface area contributed by atoms with E-state index in [0.717, 1.165) is 18.1 Å². The van der Waals surface area contributed by atoms with Gasteiger partial charge in [-0.25, -0.2) is 0 Å². The highest BCUT2D eigenvalue weighted by Crippen LogP contribution is 2.43. The molecule has 4 unspecified atom stereocenters. The van der Waals surface area contributed by atoms with Crippen molar-refractivity contribution in [3.8, 4) is 0 Å². The molecule has 0 amide bonds. The van der Waals surface area contributed by atoms with Crippen LogP contribution in [0.15, 0.2) is 4.52 Å². The van der Waals surface area contributed by atoms with Crippen molar-refractivity contribution < 1.29 is 4.52 Å². The van der Waals surface area contributed by atoms with Crippen LogP contribution in [0.2, 0.25) is 0 Å². The molecule has 1 saturated carbocycles. The SMILES string of the molecule is CCC1SCCSC1c1noc(C2CCCC2NC)n1. The van der Waals surface area contributed by atoms with E-state index in [1.165, 1.54) is 30.8 Å². The van der Waals surface area contributed by atoms with Crippen molar-refractivity contribution >= 4 is 23.5 Å². The van der Waals surface area contributed by atoms with Crippen molar-refractivity contribution in [2.24, 2.45) is 0 Å². The third kappa shape index (κ3) is 2.88. The normalized spacial score (nSPS) is 34.5. The minimum Gasteiger partial charge on any atom is -0.339 e. The number of aromatic nitrogens is 2. The Kier molecular flexibility index (Phi) is 4.94. The molecule has 0 spiro atoms. The van der Waals surface area contributed by atoms with Crippen LogP contribution in [0.3, 0.4) is 0 Å². The van der Waals surface area contributed by atoms with E-state index in [4.69, 9.17) is 9.51 Å². The topological polar surface area (TPSA) is 51.0 Å². The van der Waals surface area contributed by atoms with Crippen molar-refractivity contribution in [3.05, 3.63) is 11.7 Å². The summed E-state index contributed by atoms with van der Waals surface area (Å²) in [6.45, 7) is 2.26. The average molecular weight is 313 g/mol. The van der Waals surface area contributed by atoms with Crippen LogP contribution in [-0.2, 0) is 0 Å². The molecule has 2 fully saturated rings. The molecule has 1 aliphatic heterocycles. The van der Waals surface area contributed by atoms with Gasteiger partial charge in [0.05, 0.1) is 11.2 Å². The maximum atomic E-state index is 5.60. The number of nitrogens with one attached hydrogen (secondary N) is 1. The van der Waals surface area contributed by atoms with Gasteiger partial charge in [0.1, 0.15) is 0 Å². The lowest BCUT2D eigenvalue weighted by Crippen LogP contribution is -2.27. The maximum absolute atomic E-state index is 5.60. The van der Waals surface area contributed by atoms with Gasteiger partial charge in [0, 0.05) is 22.8 Å². The molecule has 4 nitrogen and oxygen atoms in total. The molecule has 1 saturated heterocycles. The van der Waals surface area contributed by atoms with Crippen LogP contribution in [0, 0.1) is 0 Å². The summed E-state index contributed by atoms with van der Waals surface area (Å²) >= 11 is 4.05. The summed E-state index contributed by atoms with van der Waals surface area (Å²) in [4.78, 5) is 4.76. The summed E-state index contributed by atoms with van der Waals surface area (Å²) in [5.74, 6) is 4.61. The Morgan fingerprint density at radius 1 is 1.30 bits per heavy atom. The predicted molar refractivity (Wildman–Crippen MR) is 85.5 cm³/mol. The van der Waals surface area contributed by atoms with E-state index in [1.54, 1.807) is 0 Å². The van der Waals surface area contributed by atoms with Gasteiger partial charge in [-0.1, -0.05) is 18.5 Å². The molecule has 1 aromatic rings. The van der Waals surface area contributed by atoms with Gasteiger partial charge in [0.2, 0.25) is 5.89 Å². The molecule has 20 heavy (non-hydrogen) atoms. The molecule has 3 rings (SSSR count). The molecular weight excluding hydrogens is 290 g/mol. The third-order valence-corrected chi connectivity index (χ3v) is 7.61. The number of likely N-dealkylation sites (N-methyl/N-ethyl adjacent to an activating group) is 1. The van der Waals surface area contributed by atoms with Gasteiger partial charge in [0.15, 0.2) is 5.82 Å². The predicted octanol–water partition coefficient (Wildman–Crippen LogP) is 3.22. The zero-order valence-corrected chi connectivity index (χ0v) is 13.8. The van der Waals surface area contributed by atoms with E-state index in [9.17, 15) is 0 Å². The van der Waals surface area contributed by atoms with Crippen molar-refractivity contribution in [1.29, 1.82) is 0 Å². The maximum Gasteiger partial charge on any atom is 0.231 e. The highest BCUT2D eigenvalue weighted by Gasteiger charge is 2.35. The quantitative estimate of drug-likeness (QED) is 0.921. The molecular formula is C14H23N3OS2. The molecule has 0 aromatic carbocycles. The van der Waals surface area contributed by atoms with Crippen molar-refractivity contribution in [1.82, 2.24) is 15.5 Å². The third-order valence-electron chi connectivity index (χ3n) is 4.37.